The summed E-state index contributed by atoms with van der Waals surface area (Å²) in [6, 6.07) is 3.08. The molecule has 0 spiro atoms. The van der Waals surface area contributed by atoms with E-state index in [0.717, 1.165) is 31.5 Å². The Balaban J connectivity index is 2.33. The SMILES string of the molecule is CCCCCNc1ccc(OCC(F)(F)F)nc1. The minimum Gasteiger partial charge on any atom is -0.468 e. The van der Waals surface area contributed by atoms with E-state index in [2.05, 4.69) is 22.0 Å². The van der Waals surface area contributed by atoms with Crippen LogP contribution in [0.1, 0.15) is 26.2 Å². The molecule has 0 aromatic carbocycles. The number of ether oxygens (including phenoxy) is 1. The summed E-state index contributed by atoms with van der Waals surface area (Å²) >= 11 is 0. The summed E-state index contributed by atoms with van der Waals surface area (Å²) < 4.78 is 40.2. The molecule has 0 amide bonds. The molecule has 0 saturated heterocycles. The van der Waals surface area contributed by atoms with Crippen LogP contribution < -0.4 is 10.1 Å². The average Bonchev–Trinajstić information content (AvgIpc) is 2.33. The molecule has 18 heavy (non-hydrogen) atoms. The van der Waals surface area contributed by atoms with Crippen LogP contribution in [0.5, 0.6) is 5.88 Å². The maximum atomic E-state index is 11.9. The number of rotatable bonds is 7. The van der Waals surface area contributed by atoms with Gasteiger partial charge in [0.1, 0.15) is 0 Å². The Labute approximate surface area is 104 Å². The predicted molar refractivity (Wildman–Crippen MR) is 63.8 cm³/mol. The summed E-state index contributed by atoms with van der Waals surface area (Å²) in [4.78, 5) is 3.80. The fourth-order valence-electron chi connectivity index (χ4n) is 1.33. The van der Waals surface area contributed by atoms with E-state index in [1.165, 1.54) is 12.3 Å². The first-order valence-electron chi connectivity index (χ1n) is 5.91. The van der Waals surface area contributed by atoms with Gasteiger partial charge in [-0.3, -0.25) is 0 Å². The van der Waals surface area contributed by atoms with E-state index in [9.17, 15) is 13.2 Å². The molecule has 1 heterocycles. The maximum absolute atomic E-state index is 11.9. The van der Waals surface area contributed by atoms with Crippen molar-refractivity contribution in [2.75, 3.05) is 18.5 Å². The average molecular weight is 262 g/mol. The molecule has 102 valence electrons. The Morgan fingerprint density at radius 1 is 1.28 bits per heavy atom. The zero-order chi connectivity index (χ0) is 13.4. The fourth-order valence-corrected chi connectivity index (χ4v) is 1.33. The van der Waals surface area contributed by atoms with Crippen LogP contribution in [0.3, 0.4) is 0 Å². The molecule has 0 saturated carbocycles. The van der Waals surface area contributed by atoms with E-state index < -0.39 is 12.8 Å². The van der Waals surface area contributed by atoms with Gasteiger partial charge in [-0.2, -0.15) is 13.2 Å². The standard InChI is InChI=1S/C12H17F3N2O/c1-2-3-4-7-16-10-5-6-11(17-8-10)18-9-12(13,14)15/h5-6,8,16H,2-4,7,9H2,1H3. The Morgan fingerprint density at radius 3 is 2.61 bits per heavy atom. The lowest BCUT2D eigenvalue weighted by Gasteiger charge is -2.09. The van der Waals surface area contributed by atoms with Gasteiger partial charge in [0.15, 0.2) is 6.61 Å². The molecule has 1 rings (SSSR count). The molecule has 0 radical (unpaired) electrons. The van der Waals surface area contributed by atoms with Crippen LogP contribution in [0.4, 0.5) is 18.9 Å². The molecule has 1 N–H and O–H groups in total. The van der Waals surface area contributed by atoms with E-state index in [1.54, 1.807) is 6.07 Å². The number of nitrogens with zero attached hydrogens (tertiary/aromatic N) is 1. The van der Waals surface area contributed by atoms with Gasteiger partial charge in [-0.05, 0) is 12.5 Å². The highest BCUT2D eigenvalue weighted by Crippen LogP contribution is 2.17. The van der Waals surface area contributed by atoms with Crippen molar-refractivity contribution in [2.45, 2.75) is 32.4 Å². The normalized spacial score (nSPS) is 11.3. The van der Waals surface area contributed by atoms with Crippen molar-refractivity contribution >= 4 is 5.69 Å². The smallest absolute Gasteiger partial charge is 0.422 e. The summed E-state index contributed by atoms with van der Waals surface area (Å²) in [5.74, 6) is -0.0218. The predicted octanol–water partition coefficient (Wildman–Crippen LogP) is 3.62. The topological polar surface area (TPSA) is 34.1 Å². The first-order chi connectivity index (χ1) is 8.51. The van der Waals surface area contributed by atoms with Gasteiger partial charge in [-0.1, -0.05) is 19.8 Å². The molecule has 0 atom stereocenters. The quantitative estimate of drug-likeness (QED) is 0.762. The molecule has 1 aromatic heterocycles. The van der Waals surface area contributed by atoms with Crippen LogP contribution in [0, 0.1) is 0 Å². The highest BCUT2D eigenvalue weighted by atomic mass is 19.4. The Kier molecular flexibility index (Phi) is 5.74. The molecule has 0 aliphatic heterocycles. The largest absolute Gasteiger partial charge is 0.468 e. The van der Waals surface area contributed by atoms with Gasteiger partial charge in [-0.15, -0.1) is 0 Å². The number of pyridine rings is 1. The second-order valence-electron chi connectivity index (χ2n) is 3.92. The second-order valence-corrected chi connectivity index (χ2v) is 3.92. The van der Waals surface area contributed by atoms with Crippen LogP contribution in [0.2, 0.25) is 0 Å². The highest BCUT2D eigenvalue weighted by Gasteiger charge is 2.28. The lowest BCUT2D eigenvalue weighted by atomic mass is 10.2. The summed E-state index contributed by atoms with van der Waals surface area (Å²) in [6.45, 7) is 1.63. The first-order valence-corrected chi connectivity index (χ1v) is 5.91. The minimum atomic E-state index is -4.33. The molecule has 0 aliphatic rings. The fraction of sp³-hybridized carbons (Fsp3) is 0.583. The van der Waals surface area contributed by atoms with E-state index >= 15 is 0 Å². The number of nitrogens with one attached hydrogen (secondary N) is 1. The summed E-state index contributed by atoms with van der Waals surface area (Å²) in [5, 5.41) is 3.14. The molecule has 1 aromatic rings. The maximum Gasteiger partial charge on any atom is 0.422 e. The first kappa shape index (κ1) is 14.6. The van der Waals surface area contributed by atoms with Gasteiger partial charge >= 0.3 is 6.18 Å². The molecular formula is C12H17F3N2O. The highest BCUT2D eigenvalue weighted by molar-refractivity contribution is 5.41. The third-order valence-electron chi connectivity index (χ3n) is 2.23. The second kappa shape index (κ2) is 7.08. The number of anilines is 1. The van der Waals surface area contributed by atoms with Crippen LogP contribution in [0.15, 0.2) is 18.3 Å². The van der Waals surface area contributed by atoms with Crippen molar-refractivity contribution in [1.82, 2.24) is 4.98 Å². The Hall–Kier alpha value is -1.46. The molecule has 0 fully saturated rings. The number of unbranched alkanes of at least 4 members (excludes halogenated alkanes) is 2. The van der Waals surface area contributed by atoms with Crippen molar-refractivity contribution in [2.24, 2.45) is 0 Å². The number of aromatic nitrogens is 1. The van der Waals surface area contributed by atoms with Gasteiger partial charge in [0.05, 0.1) is 11.9 Å². The van der Waals surface area contributed by atoms with Gasteiger partial charge < -0.3 is 10.1 Å². The van der Waals surface area contributed by atoms with Gasteiger partial charge in [0.2, 0.25) is 5.88 Å². The molecule has 3 nitrogen and oxygen atoms in total. The van der Waals surface area contributed by atoms with E-state index in [4.69, 9.17) is 0 Å². The summed E-state index contributed by atoms with van der Waals surface area (Å²) in [7, 11) is 0. The number of hydrogen-bond acceptors (Lipinski definition) is 3. The molecular weight excluding hydrogens is 245 g/mol. The number of alkyl halides is 3. The third-order valence-corrected chi connectivity index (χ3v) is 2.23. The van der Waals surface area contributed by atoms with Crippen molar-refractivity contribution < 1.29 is 17.9 Å². The molecule has 0 bridgehead atoms. The Morgan fingerprint density at radius 2 is 2.06 bits per heavy atom. The summed E-state index contributed by atoms with van der Waals surface area (Å²) in [6.07, 6.45) is 0.483. The van der Waals surface area contributed by atoms with Gasteiger partial charge in [-0.25, -0.2) is 4.98 Å². The molecule has 0 aliphatic carbocycles. The van der Waals surface area contributed by atoms with Crippen molar-refractivity contribution in [1.29, 1.82) is 0 Å². The van der Waals surface area contributed by atoms with Crippen LogP contribution in [0.25, 0.3) is 0 Å². The Bertz CT molecular complexity index is 338. The van der Waals surface area contributed by atoms with Crippen molar-refractivity contribution in [3.05, 3.63) is 18.3 Å². The van der Waals surface area contributed by atoms with Crippen molar-refractivity contribution in [3.8, 4) is 5.88 Å². The van der Waals surface area contributed by atoms with Gasteiger partial charge in [0.25, 0.3) is 0 Å². The van der Waals surface area contributed by atoms with Crippen LogP contribution in [-0.4, -0.2) is 24.3 Å². The summed E-state index contributed by atoms with van der Waals surface area (Å²) in [5.41, 5.74) is 0.783. The monoisotopic (exact) mass is 262 g/mol. The number of halogens is 3. The lowest BCUT2D eigenvalue weighted by Crippen LogP contribution is -2.19. The molecule has 0 unspecified atom stereocenters. The van der Waals surface area contributed by atoms with Crippen molar-refractivity contribution in [3.63, 3.8) is 0 Å². The number of hydrogen-bond donors (Lipinski definition) is 1. The van der Waals surface area contributed by atoms with Crippen LogP contribution >= 0.6 is 0 Å². The zero-order valence-corrected chi connectivity index (χ0v) is 10.3. The van der Waals surface area contributed by atoms with Gasteiger partial charge in [0, 0.05) is 12.6 Å². The van der Waals surface area contributed by atoms with E-state index in [0.29, 0.717) is 0 Å². The van der Waals surface area contributed by atoms with Crippen LogP contribution in [-0.2, 0) is 0 Å². The molecule has 6 heteroatoms. The minimum absolute atomic E-state index is 0.0218. The lowest BCUT2D eigenvalue weighted by molar-refractivity contribution is -0.154. The van der Waals surface area contributed by atoms with E-state index in [1.807, 2.05) is 0 Å². The van der Waals surface area contributed by atoms with E-state index in [-0.39, 0.29) is 5.88 Å². The third kappa shape index (κ3) is 6.32. The zero-order valence-electron chi connectivity index (χ0n) is 10.3.